The van der Waals surface area contributed by atoms with Gasteiger partial charge in [-0.05, 0) is 51.3 Å². The summed E-state index contributed by atoms with van der Waals surface area (Å²) in [5.74, 6) is 0.767. The fraction of sp³-hybridized carbons (Fsp3) is 0.636. The lowest BCUT2D eigenvalue weighted by Crippen LogP contribution is -2.12. The highest BCUT2D eigenvalue weighted by atomic mass is 14.9. The molecule has 0 aliphatic carbocycles. The summed E-state index contributed by atoms with van der Waals surface area (Å²) in [6.45, 7) is 6.47. The van der Waals surface area contributed by atoms with Gasteiger partial charge < -0.3 is 5.32 Å². The highest BCUT2D eigenvalue weighted by Crippen LogP contribution is 2.16. The molecule has 1 fully saturated rings. The first-order valence-corrected chi connectivity index (χ1v) is 5.25. The molecule has 1 N–H and O–H groups in total. The summed E-state index contributed by atoms with van der Waals surface area (Å²) in [7, 11) is 0. The van der Waals surface area contributed by atoms with E-state index in [0.717, 1.165) is 31.1 Å². The zero-order valence-corrected chi connectivity index (χ0v) is 8.88. The summed E-state index contributed by atoms with van der Waals surface area (Å²) in [5, 5.41) is 3.38. The Morgan fingerprint density at radius 1 is 1.43 bits per heavy atom. The predicted molar refractivity (Wildman–Crippen MR) is 56.2 cm³/mol. The van der Waals surface area contributed by atoms with Crippen molar-refractivity contribution in [3.63, 3.8) is 0 Å². The molecular weight excluding hydrogens is 174 g/mol. The Balaban J connectivity index is 2.11. The van der Waals surface area contributed by atoms with E-state index in [4.69, 9.17) is 0 Å². The maximum atomic E-state index is 4.36. The van der Waals surface area contributed by atoms with Crippen LogP contribution in [-0.4, -0.2) is 23.1 Å². The SMILES string of the molecule is Cc1ncnc(CC2CCNC2)c1C. The van der Waals surface area contributed by atoms with Gasteiger partial charge in [0.15, 0.2) is 0 Å². The molecule has 0 spiro atoms. The fourth-order valence-corrected chi connectivity index (χ4v) is 1.96. The Labute approximate surface area is 85.0 Å². The minimum atomic E-state index is 0.767. The first-order valence-electron chi connectivity index (χ1n) is 5.25. The molecule has 2 rings (SSSR count). The molecule has 0 aromatic carbocycles. The number of hydrogen-bond donors (Lipinski definition) is 1. The molecule has 14 heavy (non-hydrogen) atoms. The molecule has 1 aliphatic rings. The van der Waals surface area contributed by atoms with E-state index in [9.17, 15) is 0 Å². The molecule has 1 aliphatic heterocycles. The predicted octanol–water partition coefficient (Wildman–Crippen LogP) is 1.25. The van der Waals surface area contributed by atoms with Gasteiger partial charge in [0.2, 0.25) is 0 Å². The Hall–Kier alpha value is -0.960. The van der Waals surface area contributed by atoms with Gasteiger partial charge in [-0.15, -0.1) is 0 Å². The van der Waals surface area contributed by atoms with Gasteiger partial charge in [-0.1, -0.05) is 0 Å². The summed E-state index contributed by atoms with van der Waals surface area (Å²) >= 11 is 0. The summed E-state index contributed by atoms with van der Waals surface area (Å²) in [5.41, 5.74) is 3.60. The van der Waals surface area contributed by atoms with Crippen molar-refractivity contribution in [2.24, 2.45) is 5.92 Å². The van der Waals surface area contributed by atoms with Crippen LogP contribution in [0.1, 0.15) is 23.4 Å². The van der Waals surface area contributed by atoms with E-state index in [1.807, 2.05) is 6.92 Å². The lowest BCUT2D eigenvalue weighted by Gasteiger charge is -2.10. The Morgan fingerprint density at radius 2 is 2.29 bits per heavy atom. The molecule has 1 aromatic rings. The normalized spacial score (nSPS) is 21.4. The van der Waals surface area contributed by atoms with Crippen molar-refractivity contribution in [1.82, 2.24) is 15.3 Å². The first-order chi connectivity index (χ1) is 6.77. The van der Waals surface area contributed by atoms with Gasteiger partial charge in [-0.25, -0.2) is 9.97 Å². The van der Waals surface area contributed by atoms with Crippen LogP contribution < -0.4 is 5.32 Å². The maximum Gasteiger partial charge on any atom is 0.115 e. The van der Waals surface area contributed by atoms with Crippen molar-refractivity contribution in [2.45, 2.75) is 26.7 Å². The Morgan fingerprint density at radius 3 is 3.00 bits per heavy atom. The van der Waals surface area contributed by atoms with E-state index < -0.39 is 0 Å². The second-order valence-corrected chi connectivity index (χ2v) is 4.09. The van der Waals surface area contributed by atoms with Crippen LogP contribution in [-0.2, 0) is 6.42 Å². The van der Waals surface area contributed by atoms with Crippen LogP contribution in [0.4, 0.5) is 0 Å². The molecule has 1 atom stereocenters. The molecule has 76 valence electrons. The summed E-state index contributed by atoms with van der Waals surface area (Å²) < 4.78 is 0. The monoisotopic (exact) mass is 191 g/mol. The van der Waals surface area contributed by atoms with Gasteiger partial charge in [0.1, 0.15) is 6.33 Å². The second kappa shape index (κ2) is 4.05. The molecule has 0 amide bonds. The van der Waals surface area contributed by atoms with E-state index in [1.165, 1.54) is 17.7 Å². The van der Waals surface area contributed by atoms with Gasteiger partial charge in [0.25, 0.3) is 0 Å². The van der Waals surface area contributed by atoms with Gasteiger partial charge in [0, 0.05) is 11.4 Å². The molecule has 0 saturated carbocycles. The van der Waals surface area contributed by atoms with E-state index in [0.29, 0.717) is 0 Å². The second-order valence-electron chi connectivity index (χ2n) is 4.09. The Bertz CT molecular complexity index is 316. The van der Waals surface area contributed by atoms with Crippen LogP contribution in [0.3, 0.4) is 0 Å². The molecule has 1 aromatic heterocycles. The molecule has 3 nitrogen and oxygen atoms in total. The van der Waals surface area contributed by atoms with Crippen molar-refractivity contribution in [2.75, 3.05) is 13.1 Å². The lowest BCUT2D eigenvalue weighted by molar-refractivity contribution is 0.568. The summed E-state index contributed by atoms with van der Waals surface area (Å²) in [6, 6.07) is 0. The fourth-order valence-electron chi connectivity index (χ4n) is 1.96. The van der Waals surface area contributed by atoms with Gasteiger partial charge in [-0.2, -0.15) is 0 Å². The standard InChI is InChI=1S/C11H17N3/c1-8-9(2)13-7-14-11(8)5-10-3-4-12-6-10/h7,10,12H,3-6H2,1-2H3. The van der Waals surface area contributed by atoms with Crippen LogP contribution in [0.15, 0.2) is 6.33 Å². The van der Waals surface area contributed by atoms with Crippen molar-refractivity contribution in [1.29, 1.82) is 0 Å². The molecule has 1 unspecified atom stereocenters. The van der Waals surface area contributed by atoms with Gasteiger partial charge >= 0.3 is 0 Å². The molecule has 0 radical (unpaired) electrons. The molecule has 3 heteroatoms. The highest BCUT2D eigenvalue weighted by molar-refractivity contribution is 5.22. The van der Waals surface area contributed by atoms with Crippen molar-refractivity contribution < 1.29 is 0 Å². The molecule has 2 heterocycles. The lowest BCUT2D eigenvalue weighted by atomic mass is 9.99. The maximum absolute atomic E-state index is 4.36. The van der Waals surface area contributed by atoms with Crippen molar-refractivity contribution in [3.05, 3.63) is 23.3 Å². The minimum absolute atomic E-state index is 0.767. The van der Waals surface area contributed by atoms with E-state index in [2.05, 4.69) is 22.2 Å². The summed E-state index contributed by atoms with van der Waals surface area (Å²) in [4.78, 5) is 8.55. The molecule has 1 saturated heterocycles. The average molecular weight is 191 g/mol. The van der Waals surface area contributed by atoms with Crippen LogP contribution >= 0.6 is 0 Å². The minimum Gasteiger partial charge on any atom is -0.316 e. The smallest absolute Gasteiger partial charge is 0.115 e. The van der Waals surface area contributed by atoms with E-state index in [1.54, 1.807) is 6.33 Å². The number of aryl methyl sites for hydroxylation is 1. The first kappa shape index (κ1) is 9.59. The molecule has 0 bridgehead atoms. The third kappa shape index (κ3) is 1.93. The number of rotatable bonds is 2. The third-order valence-corrected chi connectivity index (χ3v) is 3.08. The number of hydrogen-bond acceptors (Lipinski definition) is 3. The van der Waals surface area contributed by atoms with E-state index >= 15 is 0 Å². The zero-order valence-electron chi connectivity index (χ0n) is 8.88. The highest BCUT2D eigenvalue weighted by Gasteiger charge is 2.16. The number of nitrogens with one attached hydrogen (secondary N) is 1. The van der Waals surface area contributed by atoms with Crippen molar-refractivity contribution >= 4 is 0 Å². The van der Waals surface area contributed by atoms with Crippen LogP contribution in [0, 0.1) is 19.8 Å². The van der Waals surface area contributed by atoms with Crippen LogP contribution in [0.25, 0.3) is 0 Å². The average Bonchev–Trinajstić information content (AvgIpc) is 2.66. The number of aromatic nitrogens is 2. The Kier molecular flexibility index (Phi) is 2.77. The quantitative estimate of drug-likeness (QED) is 0.764. The molecular formula is C11H17N3. The topological polar surface area (TPSA) is 37.8 Å². The zero-order chi connectivity index (χ0) is 9.97. The largest absolute Gasteiger partial charge is 0.316 e. The third-order valence-electron chi connectivity index (χ3n) is 3.08. The van der Waals surface area contributed by atoms with Crippen molar-refractivity contribution in [3.8, 4) is 0 Å². The van der Waals surface area contributed by atoms with E-state index in [-0.39, 0.29) is 0 Å². The van der Waals surface area contributed by atoms with Gasteiger partial charge in [-0.3, -0.25) is 0 Å². The van der Waals surface area contributed by atoms with Crippen LogP contribution in [0.2, 0.25) is 0 Å². The van der Waals surface area contributed by atoms with Gasteiger partial charge in [0.05, 0.1) is 0 Å². The number of nitrogens with zero attached hydrogens (tertiary/aromatic N) is 2. The van der Waals surface area contributed by atoms with Crippen LogP contribution in [0.5, 0.6) is 0 Å². The summed E-state index contributed by atoms with van der Waals surface area (Å²) in [6.07, 6.45) is 4.06.